The van der Waals surface area contributed by atoms with Gasteiger partial charge in [0.05, 0.1) is 11.5 Å². The second-order valence-corrected chi connectivity index (χ2v) is 5.03. The molecule has 0 atom stereocenters. The Labute approximate surface area is 126 Å². The number of nitro benzene ring substituents is 1. The summed E-state index contributed by atoms with van der Waals surface area (Å²) in [6.45, 7) is 3.03. The molecule has 0 aromatic heterocycles. The molecule has 0 aliphatic carbocycles. The molecule has 6 nitrogen and oxygen atoms in total. The maximum absolute atomic E-state index is 12.4. The maximum atomic E-state index is 12.4. The Kier molecular flexibility index (Phi) is 6.60. The van der Waals surface area contributed by atoms with E-state index in [9.17, 15) is 14.9 Å². The number of carbonyl (C=O) groups is 1. The zero-order chi connectivity index (χ0) is 15.1. The molecule has 0 N–H and O–H groups in total. The van der Waals surface area contributed by atoms with Gasteiger partial charge in [-0.05, 0) is 13.0 Å². The summed E-state index contributed by atoms with van der Waals surface area (Å²) in [5.41, 5.74) is 0.816. The predicted molar refractivity (Wildman–Crippen MR) is 79.4 cm³/mol. The van der Waals surface area contributed by atoms with E-state index in [1.54, 1.807) is 31.1 Å². The fraction of sp³-hybridized carbons (Fsp3) is 0.462. The number of halogens is 1. The van der Waals surface area contributed by atoms with Crippen molar-refractivity contribution in [3.8, 4) is 0 Å². The van der Waals surface area contributed by atoms with E-state index in [1.807, 2.05) is 0 Å². The maximum Gasteiger partial charge on any atom is 0.273 e. The smallest absolute Gasteiger partial charge is 0.273 e. The van der Waals surface area contributed by atoms with Gasteiger partial charge in [0.15, 0.2) is 0 Å². The second-order valence-electron chi connectivity index (χ2n) is 4.23. The molecule has 1 aromatic rings. The molecule has 0 heterocycles. The fourth-order valence-electron chi connectivity index (χ4n) is 1.74. The van der Waals surface area contributed by atoms with Gasteiger partial charge in [-0.3, -0.25) is 14.9 Å². The first kappa shape index (κ1) is 16.6. The molecule has 0 spiro atoms. The molecule has 20 heavy (non-hydrogen) atoms. The fourth-order valence-corrected chi connectivity index (χ4v) is 2.17. The van der Waals surface area contributed by atoms with Crippen LogP contribution in [0.15, 0.2) is 18.2 Å². The summed E-state index contributed by atoms with van der Waals surface area (Å²) < 4.78 is 4.97. The van der Waals surface area contributed by atoms with Crippen molar-refractivity contribution >= 4 is 27.5 Å². The lowest BCUT2D eigenvalue weighted by Gasteiger charge is -2.21. The first-order valence-electron chi connectivity index (χ1n) is 6.10. The van der Waals surface area contributed by atoms with Crippen LogP contribution < -0.4 is 0 Å². The summed E-state index contributed by atoms with van der Waals surface area (Å²) in [4.78, 5) is 24.4. The van der Waals surface area contributed by atoms with Crippen molar-refractivity contribution in [3.05, 3.63) is 39.4 Å². The summed E-state index contributed by atoms with van der Waals surface area (Å²) in [5, 5.41) is 11.6. The number of rotatable bonds is 7. The van der Waals surface area contributed by atoms with Crippen LogP contribution in [0.5, 0.6) is 0 Å². The van der Waals surface area contributed by atoms with E-state index in [-0.39, 0.29) is 11.6 Å². The molecule has 0 saturated carbocycles. The number of hydrogen-bond acceptors (Lipinski definition) is 4. The van der Waals surface area contributed by atoms with Crippen LogP contribution in [-0.2, 0) is 4.74 Å². The Morgan fingerprint density at radius 3 is 2.70 bits per heavy atom. The monoisotopic (exact) mass is 344 g/mol. The minimum atomic E-state index is -0.476. The number of ether oxygens (including phenoxy) is 1. The summed E-state index contributed by atoms with van der Waals surface area (Å²) in [7, 11) is 1.56. The van der Waals surface area contributed by atoms with Crippen molar-refractivity contribution in [2.75, 3.05) is 32.1 Å². The van der Waals surface area contributed by atoms with E-state index in [4.69, 9.17) is 4.74 Å². The summed E-state index contributed by atoms with van der Waals surface area (Å²) in [5.74, 6) is -0.232. The van der Waals surface area contributed by atoms with E-state index in [1.165, 1.54) is 6.07 Å². The normalized spacial score (nSPS) is 10.3. The first-order chi connectivity index (χ1) is 9.51. The van der Waals surface area contributed by atoms with Gasteiger partial charge in [0.2, 0.25) is 0 Å². The zero-order valence-electron chi connectivity index (χ0n) is 11.5. The van der Waals surface area contributed by atoms with E-state index in [0.717, 1.165) is 0 Å². The quantitative estimate of drug-likeness (QED) is 0.432. The van der Waals surface area contributed by atoms with E-state index in [2.05, 4.69) is 15.9 Å². The van der Waals surface area contributed by atoms with Crippen LogP contribution in [0.4, 0.5) is 5.69 Å². The molecule has 0 saturated heterocycles. The highest BCUT2D eigenvalue weighted by Crippen LogP contribution is 2.20. The third kappa shape index (κ3) is 4.28. The lowest BCUT2D eigenvalue weighted by Crippen LogP contribution is -2.35. The highest BCUT2D eigenvalue weighted by Gasteiger charge is 2.19. The van der Waals surface area contributed by atoms with Gasteiger partial charge in [-0.1, -0.05) is 22.0 Å². The van der Waals surface area contributed by atoms with Crippen LogP contribution in [0, 0.1) is 17.0 Å². The lowest BCUT2D eigenvalue weighted by molar-refractivity contribution is -0.385. The summed E-state index contributed by atoms with van der Waals surface area (Å²) in [6.07, 6.45) is 0. The van der Waals surface area contributed by atoms with Gasteiger partial charge in [0, 0.05) is 42.7 Å². The van der Waals surface area contributed by atoms with Crippen LogP contribution in [0.1, 0.15) is 15.9 Å². The molecule has 0 unspecified atom stereocenters. The Balaban J connectivity index is 2.99. The third-order valence-corrected chi connectivity index (χ3v) is 3.21. The Morgan fingerprint density at radius 2 is 2.15 bits per heavy atom. The molecule has 0 fully saturated rings. The number of aryl methyl sites for hydroxylation is 1. The SMILES string of the molecule is COCCN(CCBr)C(=O)c1ccc(C)c([N+](=O)[O-])c1. The number of nitrogens with zero attached hydrogens (tertiary/aromatic N) is 2. The molecule has 1 aromatic carbocycles. The standard InChI is InChI=1S/C13H17BrN2O4/c1-10-3-4-11(9-12(10)16(18)19)13(17)15(6-5-14)7-8-20-2/h3-4,9H,5-8H2,1-2H3. The molecule has 7 heteroatoms. The first-order valence-corrected chi connectivity index (χ1v) is 7.22. The number of amides is 1. The molecule has 1 rings (SSSR count). The second kappa shape index (κ2) is 7.96. The number of carbonyl (C=O) groups excluding carboxylic acids is 1. The van der Waals surface area contributed by atoms with Gasteiger partial charge in [-0.25, -0.2) is 0 Å². The molecule has 0 aliphatic heterocycles. The van der Waals surface area contributed by atoms with Gasteiger partial charge in [0.25, 0.3) is 11.6 Å². The van der Waals surface area contributed by atoms with Gasteiger partial charge < -0.3 is 9.64 Å². The molecule has 1 amide bonds. The summed E-state index contributed by atoms with van der Waals surface area (Å²) in [6, 6.07) is 4.53. The predicted octanol–water partition coefficient (Wildman–Crippen LogP) is 2.39. The molecule has 0 radical (unpaired) electrons. The average molecular weight is 345 g/mol. The van der Waals surface area contributed by atoms with E-state index < -0.39 is 4.92 Å². The molecule has 0 bridgehead atoms. The number of hydrogen-bond donors (Lipinski definition) is 0. The van der Waals surface area contributed by atoms with E-state index >= 15 is 0 Å². The molecule has 0 aliphatic rings. The molecular formula is C13H17BrN2O4. The highest BCUT2D eigenvalue weighted by molar-refractivity contribution is 9.09. The number of benzene rings is 1. The third-order valence-electron chi connectivity index (χ3n) is 2.86. The number of methoxy groups -OCH3 is 1. The van der Waals surface area contributed by atoms with Crippen molar-refractivity contribution < 1.29 is 14.5 Å². The van der Waals surface area contributed by atoms with Crippen molar-refractivity contribution in [1.82, 2.24) is 4.90 Å². The highest BCUT2D eigenvalue weighted by atomic mass is 79.9. The topological polar surface area (TPSA) is 72.7 Å². The van der Waals surface area contributed by atoms with Crippen LogP contribution in [0.2, 0.25) is 0 Å². The van der Waals surface area contributed by atoms with Crippen LogP contribution in [-0.4, -0.2) is 47.9 Å². The van der Waals surface area contributed by atoms with Crippen LogP contribution in [0.25, 0.3) is 0 Å². The summed E-state index contributed by atoms with van der Waals surface area (Å²) >= 11 is 3.29. The Bertz CT molecular complexity index is 493. The van der Waals surface area contributed by atoms with Gasteiger partial charge in [0.1, 0.15) is 0 Å². The van der Waals surface area contributed by atoms with Crippen molar-refractivity contribution in [2.45, 2.75) is 6.92 Å². The number of nitro groups is 1. The Morgan fingerprint density at radius 1 is 1.45 bits per heavy atom. The molecule has 110 valence electrons. The average Bonchev–Trinajstić information content (AvgIpc) is 2.43. The molecular weight excluding hydrogens is 328 g/mol. The number of alkyl halides is 1. The van der Waals surface area contributed by atoms with Crippen molar-refractivity contribution in [1.29, 1.82) is 0 Å². The largest absolute Gasteiger partial charge is 0.383 e. The van der Waals surface area contributed by atoms with Crippen molar-refractivity contribution in [2.24, 2.45) is 0 Å². The van der Waals surface area contributed by atoms with Crippen LogP contribution >= 0.6 is 15.9 Å². The minimum Gasteiger partial charge on any atom is -0.383 e. The van der Waals surface area contributed by atoms with Crippen molar-refractivity contribution in [3.63, 3.8) is 0 Å². The minimum absolute atomic E-state index is 0.0404. The lowest BCUT2D eigenvalue weighted by atomic mass is 10.1. The van der Waals surface area contributed by atoms with Gasteiger partial charge >= 0.3 is 0 Å². The Hall–Kier alpha value is -1.47. The van der Waals surface area contributed by atoms with Crippen LogP contribution in [0.3, 0.4) is 0 Å². The van der Waals surface area contributed by atoms with E-state index in [0.29, 0.717) is 36.2 Å². The van der Waals surface area contributed by atoms with Gasteiger partial charge in [-0.15, -0.1) is 0 Å². The van der Waals surface area contributed by atoms with Gasteiger partial charge in [-0.2, -0.15) is 0 Å². The zero-order valence-corrected chi connectivity index (χ0v) is 13.1.